The molecule has 4 rings (SSSR count). The zero-order valence-corrected chi connectivity index (χ0v) is 14.0. The Hall–Kier alpha value is -1.71. The first kappa shape index (κ1) is 14.9. The van der Waals surface area contributed by atoms with Gasteiger partial charge in [0.15, 0.2) is 5.75 Å². The molecular formula is C19H20ClNO2. The highest BCUT2D eigenvalue weighted by molar-refractivity contribution is 6.31. The largest absolute Gasteiger partial charge is 0.456 e. The van der Waals surface area contributed by atoms with E-state index in [9.17, 15) is 0 Å². The van der Waals surface area contributed by atoms with Gasteiger partial charge < -0.3 is 9.25 Å². The molecule has 1 saturated heterocycles. The van der Waals surface area contributed by atoms with Crippen LogP contribution < -0.4 is 4.84 Å². The van der Waals surface area contributed by atoms with Crippen LogP contribution in [-0.4, -0.2) is 17.6 Å². The van der Waals surface area contributed by atoms with Crippen LogP contribution in [-0.2, 0) is 0 Å². The summed E-state index contributed by atoms with van der Waals surface area (Å²) in [7, 11) is 0. The van der Waals surface area contributed by atoms with E-state index in [1.807, 2.05) is 30.3 Å². The topological polar surface area (TPSA) is 25.6 Å². The lowest BCUT2D eigenvalue weighted by molar-refractivity contribution is -0.113. The first-order valence-corrected chi connectivity index (χ1v) is 8.69. The minimum atomic E-state index is 0.508. The van der Waals surface area contributed by atoms with Gasteiger partial charge in [-0.2, -0.15) is 0 Å². The van der Waals surface area contributed by atoms with E-state index in [1.54, 1.807) is 0 Å². The van der Waals surface area contributed by atoms with E-state index in [0.717, 1.165) is 40.7 Å². The summed E-state index contributed by atoms with van der Waals surface area (Å²) in [5, 5.41) is 4.99. The lowest BCUT2D eigenvalue weighted by Crippen LogP contribution is -2.41. The van der Waals surface area contributed by atoms with E-state index in [2.05, 4.69) is 18.1 Å². The SMILES string of the molecule is CCC1CCCCN1Oc1ccc2c(c1)oc1cc(Cl)ccc12. The van der Waals surface area contributed by atoms with Gasteiger partial charge in [-0.1, -0.05) is 24.9 Å². The normalized spacial score (nSPS) is 19.5. The monoisotopic (exact) mass is 329 g/mol. The highest BCUT2D eigenvalue weighted by Gasteiger charge is 2.22. The maximum atomic E-state index is 6.13. The minimum Gasteiger partial charge on any atom is -0.456 e. The standard InChI is InChI=1S/C19H20ClNO2/c1-2-14-5-3-4-10-21(14)23-15-7-9-17-16-8-6-13(20)11-18(16)22-19(17)12-15/h6-9,11-12,14H,2-5,10H2,1H3. The third kappa shape index (κ3) is 2.79. The fourth-order valence-electron chi connectivity index (χ4n) is 3.43. The van der Waals surface area contributed by atoms with Crippen molar-refractivity contribution in [1.29, 1.82) is 0 Å². The molecule has 1 aliphatic heterocycles. The van der Waals surface area contributed by atoms with Crippen molar-refractivity contribution in [3.8, 4) is 5.75 Å². The van der Waals surface area contributed by atoms with Gasteiger partial charge in [0.1, 0.15) is 11.2 Å². The second-order valence-electron chi connectivity index (χ2n) is 6.19. The molecule has 0 radical (unpaired) electrons. The van der Waals surface area contributed by atoms with E-state index in [4.69, 9.17) is 20.9 Å². The molecule has 2 aromatic carbocycles. The average molecular weight is 330 g/mol. The number of furan rings is 1. The van der Waals surface area contributed by atoms with Crippen molar-refractivity contribution >= 4 is 33.5 Å². The Kier molecular flexibility index (Phi) is 3.92. The molecule has 4 heteroatoms. The number of rotatable bonds is 3. The van der Waals surface area contributed by atoms with Gasteiger partial charge in [-0.25, -0.2) is 0 Å². The molecule has 2 heterocycles. The number of nitrogens with zero attached hydrogens (tertiary/aromatic N) is 1. The van der Waals surface area contributed by atoms with Gasteiger partial charge in [0.25, 0.3) is 0 Å². The van der Waals surface area contributed by atoms with Crippen molar-refractivity contribution in [3.63, 3.8) is 0 Å². The molecular weight excluding hydrogens is 310 g/mol. The van der Waals surface area contributed by atoms with Crippen molar-refractivity contribution < 1.29 is 9.25 Å². The fraction of sp³-hybridized carbons (Fsp3) is 0.368. The number of fused-ring (bicyclic) bond motifs is 3. The Morgan fingerprint density at radius 2 is 1.91 bits per heavy atom. The fourth-order valence-corrected chi connectivity index (χ4v) is 3.59. The van der Waals surface area contributed by atoms with Crippen LogP contribution >= 0.6 is 11.6 Å². The number of hydrogen-bond acceptors (Lipinski definition) is 3. The number of halogens is 1. The van der Waals surface area contributed by atoms with Crippen LogP contribution in [0.1, 0.15) is 32.6 Å². The van der Waals surface area contributed by atoms with Crippen LogP contribution in [0.25, 0.3) is 21.9 Å². The smallest absolute Gasteiger partial charge is 0.151 e. The van der Waals surface area contributed by atoms with E-state index in [1.165, 1.54) is 19.3 Å². The molecule has 0 aliphatic carbocycles. The van der Waals surface area contributed by atoms with E-state index >= 15 is 0 Å². The molecule has 1 aliphatic rings. The van der Waals surface area contributed by atoms with E-state index in [0.29, 0.717) is 11.1 Å². The van der Waals surface area contributed by atoms with E-state index < -0.39 is 0 Å². The Morgan fingerprint density at radius 1 is 1.13 bits per heavy atom. The average Bonchev–Trinajstić information content (AvgIpc) is 2.91. The van der Waals surface area contributed by atoms with E-state index in [-0.39, 0.29) is 0 Å². The Labute approximate surface area is 140 Å². The summed E-state index contributed by atoms with van der Waals surface area (Å²) < 4.78 is 5.93. The van der Waals surface area contributed by atoms with Gasteiger partial charge in [0, 0.05) is 40.5 Å². The van der Waals surface area contributed by atoms with Gasteiger partial charge in [-0.15, -0.1) is 5.06 Å². The first-order valence-electron chi connectivity index (χ1n) is 8.31. The summed E-state index contributed by atoms with van der Waals surface area (Å²) in [6.07, 6.45) is 4.82. The maximum absolute atomic E-state index is 6.13. The van der Waals surface area contributed by atoms with Crippen LogP contribution in [0.2, 0.25) is 5.02 Å². The first-order chi connectivity index (χ1) is 11.2. The van der Waals surface area contributed by atoms with Crippen LogP contribution in [0, 0.1) is 0 Å². The quantitative estimate of drug-likeness (QED) is 0.607. The molecule has 0 amide bonds. The van der Waals surface area contributed by atoms with Crippen molar-refractivity contribution in [2.24, 2.45) is 0 Å². The van der Waals surface area contributed by atoms with Crippen molar-refractivity contribution in [1.82, 2.24) is 5.06 Å². The van der Waals surface area contributed by atoms with Crippen molar-refractivity contribution in [2.75, 3.05) is 6.54 Å². The lowest BCUT2D eigenvalue weighted by atomic mass is 10.0. The summed E-state index contributed by atoms with van der Waals surface area (Å²) in [6.45, 7) is 3.21. The molecule has 23 heavy (non-hydrogen) atoms. The Balaban J connectivity index is 1.67. The van der Waals surface area contributed by atoms with Crippen LogP contribution in [0.3, 0.4) is 0 Å². The van der Waals surface area contributed by atoms with Gasteiger partial charge in [0.05, 0.1) is 0 Å². The maximum Gasteiger partial charge on any atom is 0.151 e. The summed E-state index contributed by atoms with van der Waals surface area (Å²) in [6, 6.07) is 12.3. The highest BCUT2D eigenvalue weighted by Crippen LogP contribution is 2.33. The summed E-state index contributed by atoms with van der Waals surface area (Å²) in [4.78, 5) is 6.13. The van der Waals surface area contributed by atoms with Gasteiger partial charge >= 0.3 is 0 Å². The molecule has 1 aromatic heterocycles. The second kappa shape index (κ2) is 6.06. The third-order valence-electron chi connectivity index (χ3n) is 4.67. The molecule has 0 N–H and O–H groups in total. The van der Waals surface area contributed by atoms with Crippen LogP contribution in [0.5, 0.6) is 5.75 Å². The highest BCUT2D eigenvalue weighted by atomic mass is 35.5. The molecule has 0 saturated carbocycles. The zero-order chi connectivity index (χ0) is 15.8. The van der Waals surface area contributed by atoms with Crippen LogP contribution in [0.15, 0.2) is 40.8 Å². The third-order valence-corrected chi connectivity index (χ3v) is 4.91. The van der Waals surface area contributed by atoms with Crippen molar-refractivity contribution in [3.05, 3.63) is 41.4 Å². The molecule has 1 atom stereocenters. The summed E-state index contributed by atoms with van der Waals surface area (Å²) in [5.41, 5.74) is 1.65. The number of hydrogen-bond donors (Lipinski definition) is 0. The molecule has 3 aromatic rings. The van der Waals surface area contributed by atoms with Crippen molar-refractivity contribution in [2.45, 2.75) is 38.6 Å². The Bertz CT molecular complexity index is 842. The molecule has 1 fully saturated rings. The summed E-state index contributed by atoms with van der Waals surface area (Å²) in [5.74, 6) is 0.836. The number of hydroxylamine groups is 2. The lowest BCUT2D eigenvalue weighted by Gasteiger charge is -2.33. The summed E-state index contributed by atoms with van der Waals surface area (Å²) >= 11 is 6.05. The zero-order valence-electron chi connectivity index (χ0n) is 13.2. The molecule has 0 spiro atoms. The Morgan fingerprint density at radius 3 is 2.74 bits per heavy atom. The molecule has 120 valence electrons. The second-order valence-corrected chi connectivity index (χ2v) is 6.63. The predicted octanol–water partition coefficient (Wildman–Crippen LogP) is 5.80. The van der Waals surface area contributed by atoms with Gasteiger partial charge in [-0.3, -0.25) is 0 Å². The predicted molar refractivity (Wildman–Crippen MR) is 94.0 cm³/mol. The minimum absolute atomic E-state index is 0.508. The van der Waals surface area contributed by atoms with Gasteiger partial charge in [-0.05, 0) is 43.5 Å². The molecule has 0 bridgehead atoms. The van der Waals surface area contributed by atoms with Crippen LogP contribution in [0.4, 0.5) is 0 Å². The molecule has 1 unspecified atom stereocenters. The molecule has 3 nitrogen and oxygen atoms in total. The van der Waals surface area contributed by atoms with Gasteiger partial charge in [0.2, 0.25) is 0 Å². The number of piperidine rings is 1. The number of benzene rings is 2.